The van der Waals surface area contributed by atoms with Gasteiger partial charge in [0, 0.05) is 19.8 Å². The second-order valence-electron chi connectivity index (χ2n) is 3.43. The van der Waals surface area contributed by atoms with Crippen LogP contribution in [-0.4, -0.2) is 42.5 Å². The maximum Gasteiger partial charge on any atom is 0.245 e. The van der Waals surface area contributed by atoms with Gasteiger partial charge in [-0.3, -0.25) is 0 Å². The molecule has 16 heavy (non-hydrogen) atoms. The first kappa shape index (κ1) is 13.4. The van der Waals surface area contributed by atoms with Crippen molar-refractivity contribution in [2.75, 3.05) is 13.6 Å². The molecule has 0 fully saturated rings. The molecule has 0 amide bonds. The molecule has 1 heterocycles. The summed E-state index contributed by atoms with van der Waals surface area (Å²) in [5.41, 5.74) is 0. The number of likely N-dealkylation sites (N-methyl/N-ethyl adjacent to an activating group) is 1. The molecule has 90 valence electrons. The van der Waals surface area contributed by atoms with Crippen molar-refractivity contribution >= 4 is 21.6 Å². The maximum absolute atomic E-state index is 12.0. The predicted octanol–water partition coefficient (Wildman–Crippen LogP) is 0.736. The zero-order valence-corrected chi connectivity index (χ0v) is 10.5. The second-order valence-corrected chi connectivity index (χ2v) is 5.80. The first-order valence-electron chi connectivity index (χ1n) is 4.60. The molecule has 0 radical (unpaired) electrons. The van der Waals surface area contributed by atoms with E-state index in [0.29, 0.717) is 0 Å². The monoisotopic (exact) mass is 264 g/mol. The molecular formula is C9H13ClN2O3S. The van der Waals surface area contributed by atoms with E-state index in [-0.39, 0.29) is 16.6 Å². The molecule has 0 aromatic carbocycles. The molecule has 1 unspecified atom stereocenters. The summed E-state index contributed by atoms with van der Waals surface area (Å²) >= 11 is 5.71. The van der Waals surface area contributed by atoms with Crippen LogP contribution >= 0.6 is 11.6 Å². The van der Waals surface area contributed by atoms with Crippen LogP contribution in [0.15, 0.2) is 23.2 Å². The van der Waals surface area contributed by atoms with E-state index in [1.54, 1.807) is 0 Å². The Labute approximate surface area is 99.7 Å². The first-order valence-corrected chi connectivity index (χ1v) is 6.42. The molecule has 1 atom stereocenters. The summed E-state index contributed by atoms with van der Waals surface area (Å²) in [5, 5.41) is 9.08. The van der Waals surface area contributed by atoms with Crippen LogP contribution < -0.4 is 0 Å². The van der Waals surface area contributed by atoms with Gasteiger partial charge in [0.15, 0.2) is 0 Å². The number of sulfonamides is 1. The summed E-state index contributed by atoms with van der Waals surface area (Å²) in [6, 6.07) is 2.87. The molecule has 5 nitrogen and oxygen atoms in total. The number of aromatic nitrogens is 1. The predicted molar refractivity (Wildman–Crippen MR) is 60.7 cm³/mol. The van der Waals surface area contributed by atoms with Gasteiger partial charge in [0.25, 0.3) is 0 Å². The summed E-state index contributed by atoms with van der Waals surface area (Å²) in [4.78, 5) is 3.65. The van der Waals surface area contributed by atoms with Crippen LogP contribution in [-0.2, 0) is 10.0 Å². The molecule has 0 aliphatic carbocycles. The Balaban J connectivity index is 3.08. The summed E-state index contributed by atoms with van der Waals surface area (Å²) < 4.78 is 25.0. The van der Waals surface area contributed by atoms with Gasteiger partial charge in [-0.1, -0.05) is 11.6 Å². The number of aliphatic hydroxyl groups excluding tert-OH is 1. The van der Waals surface area contributed by atoms with Gasteiger partial charge >= 0.3 is 0 Å². The van der Waals surface area contributed by atoms with Gasteiger partial charge < -0.3 is 5.11 Å². The van der Waals surface area contributed by atoms with Crippen molar-refractivity contribution in [3.8, 4) is 0 Å². The zero-order chi connectivity index (χ0) is 12.3. The number of hydrogen-bond acceptors (Lipinski definition) is 4. The van der Waals surface area contributed by atoms with Crippen LogP contribution in [0.3, 0.4) is 0 Å². The average Bonchev–Trinajstić information content (AvgIpc) is 2.16. The number of pyridine rings is 1. The molecule has 0 aliphatic heterocycles. The Bertz CT molecular complexity index is 462. The van der Waals surface area contributed by atoms with Gasteiger partial charge in [0.1, 0.15) is 10.0 Å². The number of aliphatic hydroxyl groups is 1. The number of nitrogens with zero attached hydrogens (tertiary/aromatic N) is 2. The van der Waals surface area contributed by atoms with E-state index in [0.717, 1.165) is 4.31 Å². The lowest BCUT2D eigenvalue weighted by Gasteiger charge is -2.18. The Morgan fingerprint density at radius 2 is 2.25 bits per heavy atom. The van der Waals surface area contributed by atoms with E-state index in [9.17, 15) is 8.42 Å². The third-order valence-electron chi connectivity index (χ3n) is 1.93. The quantitative estimate of drug-likeness (QED) is 0.814. The topological polar surface area (TPSA) is 70.5 Å². The van der Waals surface area contributed by atoms with E-state index >= 15 is 0 Å². The van der Waals surface area contributed by atoms with Gasteiger partial charge in [-0.05, 0) is 19.1 Å². The zero-order valence-electron chi connectivity index (χ0n) is 8.96. The van der Waals surface area contributed by atoms with Gasteiger partial charge in [0.05, 0.1) is 6.10 Å². The van der Waals surface area contributed by atoms with Crippen molar-refractivity contribution in [2.24, 2.45) is 0 Å². The lowest BCUT2D eigenvalue weighted by molar-refractivity contribution is 0.171. The molecule has 1 N–H and O–H groups in total. The Morgan fingerprint density at radius 1 is 1.62 bits per heavy atom. The van der Waals surface area contributed by atoms with E-state index < -0.39 is 16.1 Å². The van der Waals surface area contributed by atoms with Crippen molar-refractivity contribution < 1.29 is 13.5 Å². The van der Waals surface area contributed by atoms with Crippen LogP contribution in [0.1, 0.15) is 6.92 Å². The largest absolute Gasteiger partial charge is 0.392 e. The van der Waals surface area contributed by atoms with Crippen LogP contribution in [0.2, 0.25) is 5.15 Å². The fourth-order valence-electron chi connectivity index (χ4n) is 1.20. The SMILES string of the molecule is CC(O)CN(C)S(=O)(=O)c1cccnc1Cl. The Hall–Kier alpha value is -0.690. The minimum atomic E-state index is -3.69. The average molecular weight is 265 g/mol. The van der Waals surface area contributed by atoms with Crippen LogP contribution in [0, 0.1) is 0 Å². The molecule has 0 saturated carbocycles. The van der Waals surface area contributed by atoms with E-state index in [1.165, 1.54) is 32.3 Å². The number of rotatable bonds is 4. The summed E-state index contributed by atoms with van der Waals surface area (Å²) in [7, 11) is -2.31. The van der Waals surface area contributed by atoms with Gasteiger partial charge in [-0.15, -0.1) is 0 Å². The van der Waals surface area contributed by atoms with Crippen molar-refractivity contribution in [3.63, 3.8) is 0 Å². The highest BCUT2D eigenvalue weighted by molar-refractivity contribution is 7.89. The molecule has 0 spiro atoms. The fourth-order valence-corrected chi connectivity index (χ4v) is 2.88. The summed E-state index contributed by atoms with van der Waals surface area (Å²) in [5.74, 6) is 0. The van der Waals surface area contributed by atoms with E-state index in [2.05, 4.69) is 4.98 Å². The third-order valence-corrected chi connectivity index (χ3v) is 4.20. The minimum Gasteiger partial charge on any atom is -0.392 e. The van der Waals surface area contributed by atoms with Gasteiger partial charge in [-0.2, -0.15) is 4.31 Å². The van der Waals surface area contributed by atoms with Gasteiger partial charge in [0.2, 0.25) is 10.0 Å². The van der Waals surface area contributed by atoms with Crippen molar-refractivity contribution in [3.05, 3.63) is 23.5 Å². The highest BCUT2D eigenvalue weighted by Crippen LogP contribution is 2.21. The van der Waals surface area contributed by atoms with E-state index in [1.807, 2.05) is 0 Å². The third kappa shape index (κ3) is 2.91. The van der Waals surface area contributed by atoms with Gasteiger partial charge in [-0.25, -0.2) is 13.4 Å². The molecule has 1 aromatic heterocycles. The Morgan fingerprint density at radius 3 is 2.75 bits per heavy atom. The van der Waals surface area contributed by atoms with Crippen LogP contribution in [0.25, 0.3) is 0 Å². The maximum atomic E-state index is 12.0. The highest BCUT2D eigenvalue weighted by Gasteiger charge is 2.24. The Kier molecular flexibility index (Phi) is 4.26. The number of halogens is 1. The highest BCUT2D eigenvalue weighted by atomic mass is 35.5. The molecule has 1 rings (SSSR count). The summed E-state index contributed by atoms with van der Waals surface area (Å²) in [6.07, 6.45) is 0.672. The van der Waals surface area contributed by atoms with Crippen LogP contribution in [0.5, 0.6) is 0 Å². The first-order chi connectivity index (χ1) is 7.35. The molecular weight excluding hydrogens is 252 g/mol. The van der Waals surface area contributed by atoms with Crippen LogP contribution in [0.4, 0.5) is 0 Å². The van der Waals surface area contributed by atoms with E-state index in [4.69, 9.17) is 16.7 Å². The molecule has 7 heteroatoms. The lowest BCUT2D eigenvalue weighted by atomic mass is 10.4. The smallest absolute Gasteiger partial charge is 0.245 e. The van der Waals surface area contributed by atoms with Crippen molar-refractivity contribution in [1.82, 2.24) is 9.29 Å². The fraction of sp³-hybridized carbons (Fsp3) is 0.444. The van der Waals surface area contributed by atoms with Crippen molar-refractivity contribution in [2.45, 2.75) is 17.9 Å². The normalized spacial score (nSPS) is 14.1. The number of hydrogen-bond donors (Lipinski definition) is 1. The summed E-state index contributed by atoms with van der Waals surface area (Å²) in [6.45, 7) is 1.52. The molecule has 0 aliphatic rings. The minimum absolute atomic E-state index is 0.00750. The lowest BCUT2D eigenvalue weighted by Crippen LogP contribution is -2.33. The standard InChI is InChI=1S/C9H13ClN2O3S/c1-7(13)6-12(2)16(14,15)8-4-3-5-11-9(8)10/h3-5,7,13H,6H2,1-2H3. The molecule has 0 saturated heterocycles. The van der Waals surface area contributed by atoms with Crippen molar-refractivity contribution in [1.29, 1.82) is 0 Å². The molecule has 1 aromatic rings. The molecule has 0 bridgehead atoms. The second kappa shape index (κ2) is 5.09.